The number of ether oxygens (including phenoxy) is 2. The third kappa shape index (κ3) is 7.47. The Bertz CT molecular complexity index is 750. The first-order valence-corrected chi connectivity index (χ1v) is 10.1. The van der Waals surface area contributed by atoms with Gasteiger partial charge in [-0.1, -0.05) is 11.2 Å². The second kappa shape index (κ2) is 13.5. The smallest absolute Gasteiger partial charge is 0.276 e. The summed E-state index contributed by atoms with van der Waals surface area (Å²) in [6, 6.07) is 5.60. The molecule has 1 aliphatic rings. The SMILES string of the molecule is CN=C(NCCc1noc(-c2ccccn2)n1)N1CCC(OCCCOC)CC1.I. The average Bonchev–Trinajstić information content (AvgIpc) is 3.25. The lowest BCUT2D eigenvalue weighted by molar-refractivity contribution is 0.00991. The maximum Gasteiger partial charge on any atom is 0.276 e. The number of hydrogen-bond acceptors (Lipinski definition) is 7. The molecule has 9 nitrogen and oxygen atoms in total. The number of halogens is 1. The first-order valence-electron chi connectivity index (χ1n) is 10.1. The second-order valence-electron chi connectivity index (χ2n) is 6.86. The van der Waals surface area contributed by atoms with Crippen molar-refractivity contribution in [3.05, 3.63) is 30.2 Å². The predicted octanol–water partition coefficient (Wildman–Crippen LogP) is 2.39. The van der Waals surface area contributed by atoms with Crippen molar-refractivity contribution in [2.75, 3.05) is 47.0 Å². The maximum absolute atomic E-state index is 5.93. The number of aromatic nitrogens is 3. The van der Waals surface area contributed by atoms with Crippen LogP contribution in [-0.4, -0.2) is 79.1 Å². The predicted molar refractivity (Wildman–Crippen MR) is 125 cm³/mol. The molecule has 0 aliphatic carbocycles. The number of likely N-dealkylation sites (tertiary alicyclic amines) is 1. The zero-order chi connectivity index (χ0) is 20.3. The Labute approximate surface area is 194 Å². The molecule has 0 spiro atoms. The number of piperidine rings is 1. The molecule has 0 radical (unpaired) electrons. The Balaban J connectivity index is 0.00000320. The Morgan fingerprint density at radius 2 is 2.13 bits per heavy atom. The maximum atomic E-state index is 5.93. The van der Waals surface area contributed by atoms with Crippen molar-refractivity contribution in [3.8, 4) is 11.6 Å². The van der Waals surface area contributed by atoms with Crippen LogP contribution in [0.3, 0.4) is 0 Å². The summed E-state index contributed by atoms with van der Waals surface area (Å²) in [5, 5.41) is 7.43. The van der Waals surface area contributed by atoms with Gasteiger partial charge in [-0.25, -0.2) is 0 Å². The standard InChI is InChI=1S/C20H30N6O3.HI/c1-21-20(26-12-8-16(9-13-26)28-15-5-14-27-2)23-11-7-18-24-19(29-25-18)17-6-3-4-10-22-17;/h3-4,6,10,16H,5,7-9,11-15H2,1-2H3,(H,21,23);1H. The summed E-state index contributed by atoms with van der Waals surface area (Å²) >= 11 is 0. The summed E-state index contributed by atoms with van der Waals surface area (Å²) in [6.45, 7) is 4.05. The molecule has 1 fully saturated rings. The van der Waals surface area contributed by atoms with Crippen LogP contribution in [0.4, 0.5) is 0 Å². The minimum absolute atomic E-state index is 0. The van der Waals surface area contributed by atoms with Gasteiger partial charge in [0.1, 0.15) is 5.69 Å². The molecular formula is C20H31IN6O3. The number of aliphatic imine (C=N–C) groups is 1. The first-order chi connectivity index (χ1) is 14.3. The molecule has 2 aromatic rings. The molecule has 0 bridgehead atoms. The molecule has 10 heteroatoms. The number of guanidine groups is 1. The first kappa shape index (κ1) is 24.5. The molecule has 1 N–H and O–H groups in total. The summed E-state index contributed by atoms with van der Waals surface area (Å²) in [5.74, 6) is 1.99. The number of pyridine rings is 1. The summed E-state index contributed by atoms with van der Waals surface area (Å²) in [7, 11) is 3.53. The molecule has 1 saturated heterocycles. The topological polar surface area (TPSA) is 97.9 Å². The van der Waals surface area contributed by atoms with Crippen LogP contribution in [0.1, 0.15) is 25.1 Å². The minimum atomic E-state index is 0. The zero-order valence-corrected chi connectivity index (χ0v) is 20.0. The van der Waals surface area contributed by atoms with E-state index in [1.807, 2.05) is 25.2 Å². The van der Waals surface area contributed by atoms with E-state index in [4.69, 9.17) is 14.0 Å². The summed E-state index contributed by atoms with van der Waals surface area (Å²) < 4.78 is 16.3. The van der Waals surface area contributed by atoms with E-state index >= 15 is 0 Å². The Morgan fingerprint density at radius 1 is 1.30 bits per heavy atom. The molecule has 0 amide bonds. The summed E-state index contributed by atoms with van der Waals surface area (Å²) in [6.07, 6.45) is 5.63. The summed E-state index contributed by atoms with van der Waals surface area (Å²) in [5.41, 5.74) is 0.683. The fraction of sp³-hybridized carbons (Fsp3) is 0.600. The summed E-state index contributed by atoms with van der Waals surface area (Å²) in [4.78, 5) is 15.3. The van der Waals surface area contributed by atoms with Gasteiger partial charge in [0, 0.05) is 59.6 Å². The van der Waals surface area contributed by atoms with Gasteiger partial charge in [-0.15, -0.1) is 24.0 Å². The molecule has 166 valence electrons. The average molecular weight is 530 g/mol. The van der Waals surface area contributed by atoms with Crippen LogP contribution in [0.5, 0.6) is 0 Å². The van der Waals surface area contributed by atoms with Crippen molar-refractivity contribution in [3.63, 3.8) is 0 Å². The third-order valence-electron chi connectivity index (χ3n) is 4.78. The lowest BCUT2D eigenvalue weighted by Gasteiger charge is -2.34. The highest BCUT2D eigenvalue weighted by Gasteiger charge is 2.21. The highest BCUT2D eigenvalue weighted by Crippen LogP contribution is 2.15. The van der Waals surface area contributed by atoms with Gasteiger partial charge >= 0.3 is 0 Å². The quantitative estimate of drug-likeness (QED) is 0.229. The van der Waals surface area contributed by atoms with Gasteiger partial charge in [-0.2, -0.15) is 4.98 Å². The van der Waals surface area contributed by atoms with Gasteiger partial charge in [-0.3, -0.25) is 9.98 Å². The molecule has 0 unspecified atom stereocenters. The van der Waals surface area contributed by atoms with E-state index in [1.165, 1.54) is 0 Å². The Kier molecular flexibility index (Phi) is 11.0. The van der Waals surface area contributed by atoms with Crippen LogP contribution in [0.25, 0.3) is 11.6 Å². The highest BCUT2D eigenvalue weighted by atomic mass is 127. The number of nitrogens with one attached hydrogen (secondary N) is 1. The van der Waals surface area contributed by atoms with E-state index in [1.54, 1.807) is 13.3 Å². The van der Waals surface area contributed by atoms with Gasteiger partial charge in [0.25, 0.3) is 5.89 Å². The van der Waals surface area contributed by atoms with Crippen LogP contribution in [0.15, 0.2) is 33.9 Å². The molecule has 0 saturated carbocycles. The molecule has 30 heavy (non-hydrogen) atoms. The normalized spacial score (nSPS) is 15.1. The van der Waals surface area contributed by atoms with Gasteiger partial charge in [0.2, 0.25) is 0 Å². The van der Waals surface area contributed by atoms with E-state index < -0.39 is 0 Å². The lowest BCUT2D eigenvalue weighted by Crippen LogP contribution is -2.47. The molecule has 0 atom stereocenters. The van der Waals surface area contributed by atoms with Crippen LogP contribution in [0, 0.1) is 0 Å². The number of rotatable bonds is 9. The van der Waals surface area contributed by atoms with Gasteiger partial charge in [-0.05, 0) is 31.4 Å². The largest absolute Gasteiger partial charge is 0.385 e. The van der Waals surface area contributed by atoms with E-state index in [2.05, 4.69) is 30.3 Å². The molecule has 3 rings (SSSR count). The second-order valence-corrected chi connectivity index (χ2v) is 6.86. The molecule has 3 heterocycles. The molecular weight excluding hydrogens is 499 g/mol. The van der Waals surface area contributed by atoms with Crippen LogP contribution < -0.4 is 5.32 Å². The third-order valence-corrected chi connectivity index (χ3v) is 4.78. The van der Waals surface area contributed by atoms with Crippen molar-refractivity contribution in [1.29, 1.82) is 0 Å². The van der Waals surface area contributed by atoms with Gasteiger partial charge in [0.05, 0.1) is 6.10 Å². The van der Waals surface area contributed by atoms with E-state index in [9.17, 15) is 0 Å². The zero-order valence-electron chi connectivity index (χ0n) is 17.6. The Hall–Kier alpha value is -1.79. The van der Waals surface area contributed by atoms with Crippen molar-refractivity contribution in [1.82, 2.24) is 25.3 Å². The number of hydrogen-bond donors (Lipinski definition) is 1. The van der Waals surface area contributed by atoms with E-state index in [-0.39, 0.29) is 24.0 Å². The molecule has 2 aromatic heterocycles. The van der Waals surface area contributed by atoms with Crippen molar-refractivity contribution in [2.45, 2.75) is 31.8 Å². The monoisotopic (exact) mass is 530 g/mol. The van der Waals surface area contributed by atoms with E-state index in [0.29, 0.717) is 36.5 Å². The van der Waals surface area contributed by atoms with Gasteiger partial charge < -0.3 is 24.2 Å². The minimum Gasteiger partial charge on any atom is -0.385 e. The van der Waals surface area contributed by atoms with Crippen LogP contribution >= 0.6 is 24.0 Å². The van der Waals surface area contributed by atoms with Crippen molar-refractivity contribution < 1.29 is 14.0 Å². The van der Waals surface area contributed by atoms with Gasteiger partial charge in [0.15, 0.2) is 11.8 Å². The fourth-order valence-corrected chi connectivity index (χ4v) is 3.25. The Morgan fingerprint density at radius 3 is 2.83 bits per heavy atom. The van der Waals surface area contributed by atoms with Crippen molar-refractivity contribution >= 4 is 29.9 Å². The lowest BCUT2D eigenvalue weighted by atomic mass is 10.1. The van der Waals surface area contributed by atoms with Crippen LogP contribution in [-0.2, 0) is 15.9 Å². The van der Waals surface area contributed by atoms with Crippen LogP contribution in [0.2, 0.25) is 0 Å². The van der Waals surface area contributed by atoms with Crippen molar-refractivity contribution in [2.24, 2.45) is 4.99 Å². The highest BCUT2D eigenvalue weighted by molar-refractivity contribution is 14.0. The fourth-order valence-electron chi connectivity index (χ4n) is 3.25. The number of nitrogens with zero attached hydrogens (tertiary/aromatic N) is 5. The molecule has 0 aromatic carbocycles. The number of methoxy groups -OCH3 is 1. The molecule has 1 aliphatic heterocycles. The van der Waals surface area contributed by atoms with E-state index in [0.717, 1.165) is 51.5 Å².